The van der Waals surface area contributed by atoms with E-state index in [-0.39, 0.29) is 0 Å². The van der Waals surface area contributed by atoms with Gasteiger partial charge < -0.3 is 19.2 Å². The third-order valence-electron chi connectivity index (χ3n) is 3.40. The first-order valence-corrected chi connectivity index (χ1v) is 8.74. The van der Waals surface area contributed by atoms with Crippen molar-refractivity contribution in [2.24, 2.45) is 0 Å². The standard InChI is InChI=1S/C14H29B2N4P/c1-17(2)15(18(3)4)21(14-12-10-9-11-13-14)16(19(5)6)20(7)8/h9-13H,1-8H3. The van der Waals surface area contributed by atoms with E-state index >= 15 is 0 Å². The average Bonchev–Trinajstić information content (AvgIpc) is 2.37. The van der Waals surface area contributed by atoms with Crippen LogP contribution < -0.4 is 5.30 Å². The molecule has 4 nitrogen and oxygen atoms in total. The van der Waals surface area contributed by atoms with Gasteiger partial charge in [0.1, 0.15) is 0 Å². The maximum Gasteiger partial charge on any atom is 0.338 e. The second kappa shape index (κ2) is 8.30. The molecule has 0 saturated carbocycles. The van der Waals surface area contributed by atoms with Crippen molar-refractivity contribution in [3.63, 3.8) is 0 Å². The highest BCUT2D eigenvalue weighted by Gasteiger charge is 2.42. The van der Waals surface area contributed by atoms with E-state index in [0.29, 0.717) is 13.4 Å². The van der Waals surface area contributed by atoms with E-state index in [1.165, 1.54) is 5.30 Å². The summed E-state index contributed by atoms with van der Waals surface area (Å²) in [6, 6.07) is 10.9. The normalized spacial score (nSPS) is 12.0. The molecule has 0 heterocycles. The Hall–Kier alpha value is -0.380. The van der Waals surface area contributed by atoms with Crippen molar-refractivity contribution in [2.75, 3.05) is 56.4 Å². The zero-order valence-corrected chi connectivity index (χ0v) is 15.7. The third-order valence-corrected chi connectivity index (χ3v) is 7.14. The molecule has 1 aromatic rings. The van der Waals surface area contributed by atoms with Crippen molar-refractivity contribution in [2.45, 2.75) is 0 Å². The highest BCUT2D eigenvalue weighted by Crippen LogP contribution is 2.43. The lowest BCUT2D eigenvalue weighted by atomic mass is 10.0. The SMILES string of the molecule is CN(C)B(N(C)C)P(B(N(C)C)N(C)C)c1ccccc1. The Labute approximate surface area is 133 Å². The van der Waals surface area contributed by atoms with E-state index < -0.39 is 7.68 Å². The Morgan fingerprint density at radius 1 is 0.619 bits per heavy atom. The van der Waals surface area contributed by atoms with Crippen molar-refractivity contribution in [1.82, 2.24) is 19.2 Å². The summed E-state index contributed by atoms with van der Waals surface area (Å²) in [6.45, 7) is 0.773. The van der Waals surface area contributed by atoms with Crippen LogP contribution in [0.3, 0.4) is 0 Å². The van der Waals surface area contributed by atoms with Crippen LogP contribution >= 0.6 is 7.68 Å². The van der Waals surface area contributed by atoms with Gasteiger partial charge in [0.05, 0.1) is 0 Å². The highest BCUT2D eigenvalue weighted by atomic mass is 31.1. The number of benzene rings is 1. The lowest BCUT2D eigenvalue weighted by Gasteiger charge is -2.41. The second-order valence-corrected chi connectivity index (χ2v) is 8.54. The van der Waals surface area contributed by atoms with Crippen molar-refractivity contribution in [1.29, 1.82) is 0 Å². The lowest BCUT2D eigenvalue weighted by Crippen LogP contribution is -2.55. The van der Waals surface area contributed by atoms with Gasteiger partial charge in [-0.1, -0.05) is 38.0 Å². The molecular formula is C14H29B2N4P. The quantitative estimate of drug-likeness (QED) is 0.550. The van der Waals surface area contributed by atoms with Crippen molar-refractivity contribution in [3.8, 4) is 0 Å². The van der Waals surface area contributed by atoms with Crippen LogP contribution in [0.25, 0.3) is 0 Å². The molecule has 0 saturated heterocycles. The van der Waals surface area contributed by atoms with E-state index in [2.05, 4.69) is 106 Å². The monoisotopic (exact) mass is 306 g/mol. The Morgan fingerprint density at radius 2 is 0.952 bits per heavy atom. The number of hydrogen-bond acceptors (Lipinski definition) is 4. The Bertz CT molecular complexity index is 379. The van der Waals surface area contributed by atoms with Gasteiger partial charge in [-0.05, 0) is 61.7 Å². The molecule has 0 radical (unpaired) electrons. The van der Waals surface area contributed by atoms with E-state index in [9.17, 15) is 0 Å². The fourth-order valence-corrected chi connectivity index (χ4v) is 6.18. The molecule has 0 spiro atoms. The van der Waals surface area contributed by atoms with Crippen LogP contribution in [-0.2, 0) is 0 Å². The predicted molar refractivity (Wildman–Crippen MR) is 99.3 cm³/mol. The summed E-state index contributed by atoms with van der Waals surface area (Å²) >= 11 is 0. The van der Waals surface area contributed by atoms with Gasteiger partial charge >= 0.3 is 13.4 Å². The first-order chi connectivity index (χ1) is 9.77. The summed E-state index contributed by atoms with van der Waals surface area (Å²) in [5, 5.41) is 1.44. The molecule has 1 aromatic carbocycles. The van der Waals surface area contributed by atoms with Gasteiger partial charge in [0, 0.05) is 0 Å². The molecule has 0 unspecified atom stereocenters. The minimum Gasteiger partial charge on any atom is -0.330 e. The van der Waals surface area contributed by atoms with Crippen LogP contribution in [-0.4, -0.2) is 89.0 Å². The molecule has 0 aliphatic carbocycles. The van der Waals surface area contributed by atoms with Crippen molar-refractivity contribution < 1.29 is 0 Å². The number of hydrogen-bond donors (Lipinski definition) is 0. The summed E-state index contributed by atoms with van der Waals surface area (Å²) < 4.78 is 0. The van der Waals surface area contributed by atoms with E-state index in [1.54, 1.807) is 0 Å². The van der Waals surface area contributed by atoms with Crippen LogP contribution in [0.2, 0.25) is 0 Å². The van der Waals surface area contributed by atoms with E-state index in [4.69, 9.17) is 0 Å². The van der Waals surface area contributed by atoms with Gasteiger partial charge in [-0.3, -0.25) is 0 Å². The highest BCUT2D eigenvalue weighted by molar-refractivity contribution is 8.15. The summed E-state index contributed by atoms with van der Waals surface area (Å²) in [4.78, 5) is 9.33. The maximum absolute atomic E-state index is 2.33. The molecule has 21 heavy (non-hydrogen) atoms. The summed E-state index contributed by atoms with van der Waals surface area (Å²) in [7, 11) is 16.9. The van der Waals surface area contributed by atoms with Crippen molar-refractivity contribution in [3.05, 3.63) is 30.3 Å². The molecule has 0 amide bonds. The third kappa shape index (κ3) is 4.80. The molecule has 7 heteroatoms. The van der Waals surface area contributed by atoms with Crippen LogP contribution in [0.15, 0.2) is 30.3 Å². The fraction of sp³-hybridized carbons (Fsp3) is 0.571. The minimum absolute atomic E-state index is 0.386. The fourth-order valence-electron chi connectivity index (χ4n) is 2.91. The predicted octanol–water partition coefficient (Wildman–Crippen LogP) is 1.01. The second-order valence-electron chi connectivity index (χ2n) is 6.29. The topological polar surface area (TPSA) is 13.0 Å². The molecule has 1 rings (SSSR count). The molecule has 0 aliphatic rings. The van der Waals surface area contributed by atoms with Gasteiger partial charge in [-0.15, -0.1) is 0 Å². The summed E-state index contributed by atoms with van der Waals surface area (Å²) in [5.41, 5.74) is 0. The molecular weight excluding hydrogens is 277 g/mol. The number of nitrogens with zero attached hydrogens (tertiary/aromatic N) is 4. The van der Waals surface area contributed by atoms with Gasteiger partial charge in [0.15, 0.2) is 0 Å². The average molecular weight is 306 g/mol. The van der Waals surface area contributed by atoms with Crippen LogP contribution in [0.1, 0.15) is 0 Å². The minimum atomic E-state index is -0.437. The molecule has 0 aromatic heterocycles. The molecule has 0 N–H and O–H groups in total. The summed E-state index contributed by atoms with van der Waals surface area (Å²) in [6.07, 6.45) is 0. The van der Waals surface area contributed by atoms with E-state index in [0.717, 1.165) is 0 Å². The van der Waals surface area contributed by atoms with Gasteiger partial charge in [0.2, 0.25) is 0 Å². The van der Waals surface area contributed by atoms with E-state index in [1.807, 2.05) is 0 Å². The summed E-state index contributed by atoms with van der Waals surface area (Å²) in [5.74, 6) is 0. The Kier molecular flexibility index (Phi) is 7.38. The maximum atomic E-state index is 2.33. The molecule has 0 fully saturated rings. The molecule has 0 aliphatic heterocycles. The lowest BCUT2D eigenvalue weighted by molar-refractivity contribution is 0.531. The Morgan fingerprint density at radius 3 is 1.24 bits per heavy atom. The molecule has 0 bridgehead atoms. The first-order valence-electron chi connectivity index (χ1n) is 7.26. The zero-order chi connectivity index (χ0) is 16.2. The largest absolute Gasteiger partial charge is 0.338 e. The van der Waals surface area contributed by atoms with Gasteiger partial charge in [-0.2, -0.15) is 0 Å². The molecule has 0 atom stereocenters. The first kappa shape index (κ1) is 18.7. The smallest absolute Gasteiger partial charge is 0.330 e. The van der Waals surface area contributed by atoms with Gasteiger partial charge in [-0.25, -0.2) is 0 Å². The number of rotatable bonds is 7. The zero-order valence-electron chi connectivity index (χ0n) is 14.8. The van der Waals surface area contributed by atoms with Gasteiger partial charge in [0.25, 0.3) is 0 Å². The van der Waals surface area contributed by atoms with Crippen LogP contribution in [0.4, 0.5) is 0 Å². The molecule has 116 valence electrons. The van der Waals surface area contributed by atoms with Crippen LogP contribution in [0.5, 0.6) is 0 Å². The van der Waals surface area contributed by atoms with Crippen LogP contribution in [0, 0.1) is 0 Å². The Balaban J connectivity index is 3.34. The van der Waals surface area contributed by atoms with Crippen molar-refractivity contribution >= 4 is 26.4 Å².